The molecular formula is C19H18ClFN4S. The zero-order valence-electron chi connectivity index (χ0n) is 14.4. The second kappa shape index (κ2) is 7.85. The fourth-order valence-corrected chi connectivity index (χ4v) is 2.97. The fraction of sp³-hybridized carbons (Fsp3) is 0.158. The van der Waals surface area contributed by atoms with Crippen LogP contribution < -0.4 is 10.6 Å². The maximum absolute atomic E-state index is 13.9. The second-order valence-electron chi connectivity index (χ2n) is 6.02. The van der Waals surface area contributed by atoms with E-state index in [0.29, 0.717) is 21.4 Å². The van der Waals surface area contributed by atoms with E-state index in [1.54, 1.807) is 29.2 Å². The standard InChI is InChI=1S/C19H18ClFN4S/c1-12-6-7-13(2)18(8-12)24-19(26)23-14-9-22-25(10-14)11-15-16(20)4-3-5-17(15)21/h3-10H,11H2,1-2H3,(H2,23,24,26). The molecule has 4 nitrogen and oxygen atoms in total. The molecule has 26 heavy (non-hydrogen) atoms. The number of rotatable bonds is 4. The van der Waals surface area contributed by atoms with Crippen molar-refractivity contribution in [1.29, 1.82) is 0 Å². The summed E-state index contributed by atoms with van der Waals surface area (Å²) >= 11 is 11.4. The van der Waals surface area contributed by atoms with Gasteiger partial charge in [0.25, 0.3) is 0 Å². The smallest absolute Gasteiger partial charge is 0.175 e. The summed E-state index contributed by atoms with van der Waals surface area (Å²) in [5.74, 6) is -0.352. The third-order valence-corrected chi connectivity index (χ3v) is 4.47. The predicted octanol–water partition coefficient (Wildman–Crippen LogP) is 5.15. The Labute approximate surface area is 162 Å². The Morgan fingerprint density at radius 3 is 2.81 bits per heavy atom. The Balaban J connectivity index is 1.66. The molecule has 0 bridgehead atoms. The Bertz CT molecular complexity index is 934. The molecule has 0 aliphatic carbocycles. The molecule has 0 atom stereocenters. The van der Waals surface area contributed by atoms with Crippen molar-refractivity contribution >= 4 is 40.3 Å². The highest BCUT2D eigenvalue weighted by atomic mass is 35.5. The SMILES string of the molecule is Cc1ccc(C)c(NC(=S)Nc2cnn(Cc3c(F)cccc3Cl)c2)c1. The highest BCUT2D eigenvalue weighted by Crippen LogP contribution is 2.21. The average Bonchev–Trinajstić information content (AvgIpc) is 3.01. The van der Waals surface area contributed by atoms with E-state index >= 15 is 0 Å². The molecule has 134 valence electrons. The number of halogens is 2. The van der Waals surface area contributed by atoms with E-state index in [9.17, 15) is 4.39 Å². The molecule has 0 aliphatic rings. The van der Waals surface area contributed by atoms with Crippen LogP contribution in [-0.2, 0) is 6.54 Å². The zero-order valence-corrected chi connectivity index (χ0v) is 16.0. The van der Waals surface area contributed by atoms with Crippen molar-refractivity contribution in [2.24, 2.45) is 0 Å². The van der Waals surface area contributed by atoms with Crippen LogP contribution in [0.25, 0.3) is 0 Å². The molecular weight excluding hydrogens is 371 g/mol. The van der Waals surface area contributed by atoms with Crippen molar-refractivity contribution in [3.8, 4) is 0 Å². The van der Waals surface area contributed by atoms with E-state index in [1.165, 1.54) is 6.07 Å². The number of hydrogen-bond donors (Lipinski definition) is 2. The number of aryl methyl sites for hydroxylation is 2. The van der Waals surface area contributed by atoms with Crippen LogP contribution in [0.2, 0.25) is 5.02 Å². The number of nitrogens with zero attached hydrogens (tertiary/aromatic N) is 2. The van der Waals surface area contributed by atoms with Gasteiger partial charge in [-0.15, -0.1) is 0 Å². The lowest BCUT2D eigenvalue weighted by molar-refractivity contribution is 0.585. The molecule has 1 heterocycles. The predicted molar refractivity (Wildman–Crippen MR) is 108 cm³/mol. The second-order valence-corrected chi connectivity index (χ2v) is 6.84. The molecule has 0 amide bonds. The molecule has 0 spiro atoms. The lowest BCUT2D eigenvalue weighted by atomic mass is 10.1. The summed E-state index contributed by atoms with van der Waals surface area (Å²) in [7, 11) is 0. The molecule has 0 saturated heterocycles. The van der Waals surface area contributed by atoms with Crippen LogP contribution in [0.5, 0.6) is 0 Å². The first kappa shape index (κ1) is 18.4. The minimum atomic E-state index is -0.352. The van der Waals surface area contributed by atoms with Gasteiger partial charge in [0.15, 0.2) is 5.11 Å². The van der Waals surface area contributed by atoms with Crippen LogP contribution in [0.1, 0.15) is 16.7 Å². The third kappa shape index (κ3) is 4.39. The Morgan fingerprint density at radius 2 is 2.04 bits per heavy atom. The minimum absolute atomic E-state index is 0.240. The van der Waals surface area contributed by atoms with Crippen LogP contribution in [0.15, 0.2) is 48.8 Å². The molecule has 0 saturated carbocycles. The lowest BCUT2D eigenvalue weighted by Gasteiger charge is -2.12. The Kier molecular flexibility index (Phi) is 5.54. The quantitative estimate of drug-likeness (QED) is 0.606. The number of nitrogens with one attached hydrogen (secondary N) is 2. The summed E-state index contributed by atoms with van der Waals surface area (Å²) in [6.07, 6.45) is 3.38. The minimum Gasteiger partial charge on any atom is -0.332 e. The fourth-order valence-electron chi connectivity index (χ4n) is 2.52. The highest BCUT2D eigenvalue weighted by molar-refractivity contribution is 7.80. The molecule has 2 aromatic carbocycles. The molecule has 0 unspecified atom stereocenters. The lowest BCUT2D eigenvalue weighted by Crippen LogP contribution is -2.19. The molecule has 3 rings (SSSR count). The van der Waals surface area contributed by atoms with Gasteiger partial charge in [-0.25, -0.2) is 4.39 Å². The van der Waals surface area contributed by atoms with E-state index in [-0.39, 0.29) is 12.4 Å². The van der Waals surface area contributed by atoms with E-state index in [1.807, 2.05) is 26.0 Å². The van der Waals surface area contributed by atoms with Gasteiger partial charge in [0.2, 0.25) is 0 Å². The van der Waals surface area contributed by atoms with Crippen molar-refractivity contribution in [3.63, 3.8) is 0 Å². The van der Waals surface area contributed by atoms with Crippen LogP contribution in [-0.4, -0.2) is 14.9 Å². The molecule has 1 aromatic heterocycles. The first-order valence-electron chi connectivity index (χ1n) is 8.03. The molecule has 0 fully saturated rings. The van der Waals surface area contributed by atoms with E-state index in [4.69, 9.17) is 23.8 Å². The topological polar surface area (TPSA) is 41.9 Å². The van der Waals surface area contributed by atoms with Gasteiger partial charge in [-0.2, -0.15) is 5.10 Å². The largest absolute Gasteiger partial charge is 0.332 e. The molecule has 7 heteroatoms. The van der Waals surface area contributed by atoms with Crippen LogP contribution >= 0.6 is 23.8 Å². The number of aromatic nitrogens is 2. The Hall–Kier alpha value is -2.44. The van der Waals surface area contributed by atoms with E-state index in [0.717, 1.165) is 16.8 Å². The number of anilines is 2. The van der Waals surface area contributed by atoms with Crippen molar-refractivity contribution < 1.29 is 4.39 Å². The van der Waals surface area contributed by atoms with Gasteiger partial charge in [-0.05, 0) is 55.4 Å². The van der Waals surface area contributed by atoms with Gasteiger partial charge in [0.1, 0.15) is 5.82 Å². The summed E-state index contributed by atoms with van der Waals surface area (Å²) in [4.78, 5) is 0. The van der Waals surface area contributed by atoms with Gasteiger partial charge in [0, 0.05) is 22.5 Å². The summed E-state index contributed by atoms with van der Waals surface area (Å²) in [6.45, 7) is 4.28. The van der Waals surface area contributed by atoms with Gasteiger partial charge in [-0.1, -0.05) is 29.8 Å². The summed E-state index contributed by atoms with van der Waals surface area (Å²) in [6, 6.07) is 10.7. The summed E-state index contributed by atoms with van der Waals surface area (Å²) in [5.41, 5.74) is 4.31. The molecule has 0 radical (unpaired) electrons. The maximum Gasteiger partial charge on any atom is 0.175 e. The van der Waals surface area contributed by atoms with Crippen LogP contribution in [0.3, 0.4) is 0 Å². The summed E-state index contributed by atoms with van der Waals surface area (Å²) < 4.78 is 15.5. The number of hydrogen-bond acceptors (Lipinski definition) is 2. The third-order valence-electron chi connectivity index (χ3n) is 3.91. The maximum atomic E-state index is 13.9. The highest BCUT2D eigenvalue weighted by Gasteiger charge is 2.09. The Morgan fingerprint density at radius 1 is 1.23 bits per heavy atom. The van der Waals surface area contributed by atoms with Gasteiger partial charge in [0.05, 0.1) is 18.4 Å². The zero-order chi connectivity index (χ0) is 18.7. The van der Waals surface area contributed by atoms with E-state index < -0.39 is 0 Å². The first-order chi connectivity index (χ1) is 12.4. The van der Waals surface area contributed by atoms with Crippen molar-refractivity contribution in [2.75, 3.05) is 10.6 Å². The van der Waals surface area contributed by atoms with Crippen molar-refractivity contribution in [2.45, 2.75) is 20.4 Å². The summed E-state index contributed by atoms with van der Waals surface area (Å²) in [5, 5.41) is 11.3. The molecule has 3 aromatic rings. The normalized spacial score (nSPS) is 10.6. The molecule has 0 aliphatic heterocycles. The van der Waals surface area contributed by atoms with Gasteiger partial charge < -0.3 is 10.6 Å². The van der Waals surface area contributed by atoms with Crippen molar-refractivity contribution in [3.05, 3.63) is 76.3 Å². The van der Waals surface area contributed by atoms with Crippen LogP contribution in [0, 0.1) is 19.7 Å². The van der Waals surface area contributed by atoms with Gasteiger partial charge in [-0.3, -0.25) is 4.68 Å². The van der Waals surface area contributed by atoms with Crippen molar-refractivity contribution in [1.82, 2.24) is 9.78 Å². The van der Waals surface area contributed by atoms with Crippen LogP contribution in [0.4, 0.5) is 15.8 Å². The molecule has 2 N–H and O–H groups in total. The first-order valence-corrected chi connectivity index (χ1v) is 8.81. The number of thiocarbonyl (C=S) groups is 1. The monoisotopic (exact) mass is 388 g/mol. The van der Waals surface area contributed by atoms with Gasteiger partial charge >= 0.3 is 0 Å². The number of benzene rings is 2. The van der Waals surface area contributed by atoms with E-state index in [2.05, 4.69) is 21.8 Å². The average molecular weight is 389 g/mol.